The van der Waals surface area contributed by atoms with Crippen molar-refractivity contribution in [2.75, 3.05) is 13.2 Å². The molecule has 1 atom stereocenters. The van der Waals surface area contributed by atoms with Crippen LogP contribution in [-0.4, -0.2) is 31.1 Å². The van der Waals surface area contributed by atoms with Gasteiger partial charge in [-0.3, -0.25) is 4.79 Å². The first-order valence-electron chi connectivity index (χ1n) is 8.18. The molecule has 0 radical (unpaired) electrons. The van der Waals surface area contributed by atoms with Gasteiger partial charge in [-0.05, 0) is 43.5 Å². The Morgan fingerprint density at radius 2 is 1.88 bits per heavy atom. The molecule has 0 aliphatic heterocycles. The van der Waals surface area contributed by atoms with Crippen LogP contribution in [0.5, 0.6) is 5.75 Å². The lowest BCUT2D eigenvalue weighted by atomic mass is 10.1. The van der Waals surface area contributed by atoms with Crippen molar-refractivity contribution >= 4 is 18.0 Å². The smallest absolute Gasteiger partial charge is 0.349 e. The lowest BCUT2D eigenvalue weighted by Crippen LogP contribution is -2.38. The first-order valence-corrected chi connectivity index (χ1v) is 8.18. The van der Waals surface area contributed by atoms with Gasteiger partial charge in [0.2, 0.25) is 0 Å². The Morgan fingerprint density at radius 3 is 2.40 bits per heavy atom. The average Bonchev–Trinajstić information content (AvgIpc) is 2.59. The number of rotatable bonds is 8. The Bertz CT molecular complexity index is 657. The summed E-state index contributed by atoms with van der Waals surface area (Å²) in [6.45, 7) is 7.85. The number of nitriles is 1. The maximum atomic E-state index is 12.0. The molecule has 0 aliphatic carbocycles. The summed E-state index contributed by atoms with van der Waals surface area (Å²) in [5.41, 5.74) is 0.490. The van der Waals surface area contributed by atoms with E-state index < -0.39 is 18.5 Å². The van der Waals surface area contributed by atoms with Crippen LogP contribution in [0.4, 0.5) is 0 Å². The Hall–Kier alpha value is -2.81. The molecule has 134 valence electrons. The van der Waals surface area contributed by atoms with Crippen molar-refractivity contribution in [3.05, 3.63) is 35.4 Å². The van der Waals surface area contributed by atoms with Crippen molar-refractivity contribution in [2.24, 2.45) is 5.92 Å². The minimum atomic E-state index is -0.830. The van der Waals surface area contributed by atoms with E-state index in [9.17, 15) is 9.59 Å². The second kappa shape index (κ2) is 10.1. The largest absolute Gasteiger partial charge is 0.494 e. The highest BCUT2D eigenvalue weighted by atomic mass is 16.5. The number of nitrogens with zero attached hydrogens (tertiary/aromatic N) is 1. The molecule has 1 rings (SSSR count). The molecule has 0 heterocycles. The fourth-order valence-electron chi connectivity index (χ4n) is 1.80. The summed E-state index contributed by atoms with van der Waals surface area (Å²) >= 11 is 0. The van der Waals surface area contributed by atoms with Crippen molar-refractivity contribution in [1.29, 1.82) is 5.26 Å². The predicted octanol–water partition coefficient (Wildman–Crippen LogP) is 2.70. The SMILES string of the molecule is CCOc1ccc(/C=C(\C#N)C(=O)OCC(=O)N[C@H](C)C(C)C)cc1. The zero-order chi connectivity index (χ0) is 18.8. The molecule has 0 unspecified atom stereocenters. The third-order valence-corrected chi connectivity index (χ3v) is 3.57. The lowest BCUT2D eigenvalue weighted by Gasteiger charge is -2.17. The van der Waals surface area contributed by atoms with Gasteiger partial charge in [-0.1, -0.05) is 26.0 Å². The Kier molecular flexibility index (Phi) is 8.21. The van der Waals surface area contributed by atoms with Crippen molar-refractivity contribution in [2.45, 2.75) is 33.7 Å². The molecule has 6 heteroatoms. The number of carbonyl (C=O) groups excluding carboxylic acids is 2. The highest BCUT2D eigenvalue weighted by Crippen LogP contribution is 2.15. The second-order valence-corrected chi connectivity index (χ2v) is 5.85. The van der Waals surface area contributed by atoms with Gasteiger partial charge >= 0.3 is 5.97 Å². The number of amides is 1. The number of hydrogen-bond donors (Lipinski definition) is 1. The first-order chi connectivity index (χ1) is 11.9. The van der Waals surface area contributed by atoms with E-state index in [1.165, 1.54) is 6.08 Å². The van der Waals surface area contributed by atoms with Gasteiger partial charge in [0.05, 0.1) is 6.61 Å². The number of carbonyl (C=O) groups is 2. The molecule has 0 fully saturated rings. The summed E-state index contributed by atoms with van der Waals surface area (Å²) in [4.78, 5) is 23.7. The maximum absolute atomic E-state index is 12.0. The van der Waals surface area contributed by atoms with Crippen molar-refractivity contribution < 1.29 is 19.1 Å². The average molecular weight is 344 g/mol. The normalized spacial score (nSPS) is 12.2. The van der Waals surface area contributed by atoms with Crippen molar-refractivity contribution in [1.82, 2.24) is 5.32 Å². The third-order valence-electron chi connectivity index (χ3n) is 3.57. The number of nitrogens with one attached hydrogen (secondary N) is 1. The van der Waals surface area contributed by atoms with Crippen molar-refractivity contribution in [3.63, 3.8) is 0 Å². The number of ether oxygens (including phenoxy) is 2. The van der Waals surface area contributed by atoms with Crippen LogP contribution in [0.25, 0.3) is 6.08 Å². The van der Waals surface area contributed by atoms with E-state index >= 15 is 0 Å². The van der Waals surface area contributed by atoms with E-state index in [0.29, 0.717) is 17.9 Å². The highest BCUT2D eigenvalue weighted by Gasteiger charge is 2.15. The van der Waals surface area contributed by atoms with Crippen LogP contribution in [-0.2, 0) is 14.3 Å². The molecule has 0 aliphatic rings. The summed E-state index contributed by atoms with van der Waals surface area (Å²) < 4.78 is 10.2. The van der Waals surface area contributed by atoms with Gasteiger partial charge in [-0.25, -0.2) is 4.79 Å². The van der Waals surface area contributed by atoms with E-state index in [0.717, 1.165) is 0 Å². The Morgan fingerprint density at radius 1 is 1.24 bits per heavy atom. The molecule has 6 nitrogen and oxygen atoms in total. The van der Waals surface area contributed by atoms with E-state index in [1.807, 2.05) is 27.7 Å². The molecule has 0 saturated carbocycles. The van der Waals surface area contributed by atoms with Crippen LogP contribution >= 0.6 is 0 Å². The second-order valence-electron chi connectivity index (χ2n) is 5.85. The molecule has 1 amide bonds. The molecule has 1 aromatic rings. The lowest BCUT2D eigenvalue weighted by molar-refractivity contribution is -0.144. The topological polar surface area (TPSA) is 88.4 Å². The number of benzene rings is 1. The molecule has 1 N–H and O–H groups in total. The predicted molar refractivity (Wildman–Crippen MR) is 94.6 cm³/mol. The van der Waals surface area contributed by atoms with E-state index in [4.69, 9.17) is 14.7 Å². The summed E-state index contributed by atoms with van der Waals surface area (Å²) in [7, 11) is 0. The van der Waals surface area contributed by atoms with E-state index in [1.54, 1.807) is 30.3 Å². The zero-order valence-electron chi connectivity index (χ0n) is 15.0. The number of esters is 1. The Labute approximate surface area is 148 Å². The van der Waals surface area contributed by atoms with Crippen LogP contribution in [0.3, 0.4) is 0 Å². The molecule has 0 spiro atoms. The van der Waals surface area contributed by atoms with Crippen LogP contribution in [0.1, 0.15) is 33.3 Å². The van der Waals surface area contributed by atoms with Gasteiger partial charge in [-0.2, -0.15) is 5.26 Å². The van der Waals surface area contributed by atoms with Gasteiger partial charge in [0.25, 0.3) is 5.91 Å². The molecular formula is C19H24N2O4. The summed E-state index contributed by atoms with van der Waals surface area (Å²) in [5.74, 6) is -0.248. The minimum Gasteiger partial charge on any atom is -0.494 e. The molecule has 0 saturated heterocycles. The van der Waals surface area contributed by atoms with Crippen LogP contribution in [0.2, 0.25) is 0 Å². The van der Waals surface area contributed by atoms with Gasteiger partial charge in [0.15, 0.2) is 6.61 Å². The van der Waals surface area contributed by atoms with Crippen LogP contribution < -0.4 is 10.1 Å². The summed E-state index contributed by atoms with van der Waals surface area (Å²) in [6, 6.07) is 8.72. The molecular weight excluding hydrogens is 320 g/mol. The summed E-state index contributed by atoms with van der Waals surface area (Å²) in [5, 5.41) is 11.9. The molecule has 0 bridgehead atoms. The molecule has 0 aromatic heterocycles. The quantitative estimate of drug-likeness (QED) is 0.445. The highest BCUT2D eigenvalue weighted by molar-refractivity contribution is 5.98. The fourth-order valence-corrected chi connectivity index (χ4v) is 1.80. The summed E-state index contributed by atoms with van der Waals surface area (Å²) in [6.07, 6.45) is 1.41. The Balaban J connectivity index is 2.65. The first kappa shape index (κ1) is 20.2. The fraction of sp³-hybridized carbons (Fsp3) is 0.421. The van der Waals surface area contributed by atoms with E-state index in [-0.39, 0.29) is 17.5 Å². The van der Waals surface area contributed by atoms with Gasteiger partial charge in [0, 0.05) is 6.04 Å². The van der Waals surface area contributed by atoms with Gasteiger partial charge < -0.3 is 14.8 Å². The third kappa shape index (κ3) is 7.08. The van der Waals surface area contributed by atoms with Crippen LogP contribution in [0.15, 0.2) is 29.8 Å². The molecule has 1 aromatic carbocycles. The maximum Gasteiger partial charge on any atom is 0.349 e. The van der Waals surface area contributed by atoms with Crippen LogP contribution in [0, 0.1) is 17.2 Å². The van der Waals surface area contributed by atoms with E-state index in [2.05, 4.69) is 5.32 Å². The monoisotopic (exact) mass is 344 g/mol. The zero-order valence-corrected chi connectivity index (χ0v) is 15.0. The van der Waals surface area contributed by atoms with Gasteiger partial charge in [0.1, 0.15) is 17.4 Å². The number of hydrogen-bond acceptors (Lipinski definition) is 5. The minimum absolute atomic E-state index is 0.0268. The van der Waals surface area contributed by atoms with Gasteiger partial charge in [-0.15, -0.1) is 0 Å². The standard InChI is InChI=1S/C19H24N2O4/c1-5-24-17-8-6-15(7-9-17)10-16(11-20)19(23)25-12-18(22)21-14(4)13(2)3/h6-10,13-14H,5,12H2,1-4H3,(H,21,22)/b16-10+/t14-/m1/s1. The molecule has 25 heavy (non-hydrogen) atoms. The van der Waals surface area contributed by atoms with Crippen molar-refractivity contribution in [3.8, 4) is 11.8 Å².